The SMILES string of the molecule is CCc1cc(C(NC)c2c(C)cc(C)cc2F)n(C)n1. The first kappa shape index (κ1) is 14.7. The first-order chi connectivity index (χ1) is 9.47. The van der Waals surface area contributed by atoms with E-state index in [-0.39, 0.29) is 11.9 Å². The Morgan fingerprint density at radius 1 is 1.30 bits per heavy atom. The van der Waals surface area contributed by atoms with Gasteiger partial charge >= 0.3 is 0 Å². The van der Waals surface area contributed by atoms with Crippen LogP contribution in [-0.4, -0.2) is 16.8 Å². The van der Waals surface area contributed by atoms with E-state index >= 15 is 0 Å². The van der Waals surface area contributed by atoms with Gasteiger partial charge in [0, 0.05) is 12.6 Å². The molecule has 2 aromatic rings. The normalized spacial score (nSPS) is 12.7. The molecule has 0 aliphatic rings. The summed E-state index contributed by atoms with van der Waals surface area (Å²) in [5, 5.41) is 7.67. The Bertz CT molecular complexity index is 593. The molecule has 0 spiro atoms. The molecule has 1 aromatic carbocycles. The lowest BCUT2D eigenvalue weighted by atomic mass is 9.96. The van der Waals surface area contributed by atoms with Crippen LogP contribution in [0.4, 0.5) is 4.39 Å². The second kappa shape index (κ2) is 5.75. The lowest BCUT2D eigenvalue weighted by Crippen LogP contribution is -2.22. The molecule has 4 heteroatoms. The number of nitrogens with one attached hydrogen (secondary N) is 1. The van der Waals surface area contributed by atoms with Crippen LogP contribution in [-0.2, 0) is 13.5 Å². The van der Waals surface area contributed by atoms with Crippen molar-refractivity contribution in [1.82, 2.24) is 15.1 Å². The maximum absolute atomic E-state index is 14.4. The van der Waals surface area contributed by atoms with Crippen molar-refractivity contribution in [2.24, 2.45) is 7.05 Å². The smallest absolute Gasteiger partial charge is 0.128 e. The van der Waals surface area contributed by atoms with Crippen LogP contribution in [0.1, 0.15) is 41.0 Å². The van der Waals surface area contributed by atoms with Crippen molar-refractivity contribution in [3.63, 3.8) is 0 Å². The molecule has 1 aromatic heterocycles. The van der Waals surface area contributed by atoms with E-state index in [1.807, 2.05) is 44.8 Å². The Hall–Kier alpha value is -1.68. The second-order valence-electron chi connectivity index (χ2n) is 5.24. The Kier molecular flexibility index (Phi) is 4.23. The van der Waals surface area contributed by atoms with Crippen LogP contribution in [0.2, 0.25) is 0 Å². The molecule has 1 heterocycles. The lowest BCUT2D eigenvalue weighted by molar-refractivity contribution is 0.547. The Morgan fingerprint density at radius 3 is 2.50 bits per heavy atom. The summed E-state index contributed by atoms with van der Waals surface area (Å²) in [5.41, 5.74) is 4.60. The number of aromatic nitrogens is 2. The summed E-state index contributed by atoms with van der Waals surface area (Å²) >= 11 is 0. The first-order valence-electron chi connectivity index (χ1n) is 6.94. The molecule has 0 amide bonds. The molecule has 0 saturated carbocycles. The molecule has 20 heavy (non-hydrogen) atoms. The topological polar surface area (TPSA) is 29.9 Å². The predicted octanol–water partition coefficient (Wildman–Crippen LogP) is 3.05. The fourth-order valence-electron chi connectivity index (χ4n) is 2.72. The van der Waals surface area contributed by atoms with Gasteiger partial charge in [-0.25, -0.2) is 4.39 Å². The van der Waals surface area contributed by atoms with Gasteiger partial charge in [-0.1, -0.05) is 13.0 Å². The number of rotatable bonds is 4. The van der Waals surface area contributed by atoms with E-state index in [9.17, 15) is 4.39 Å². The van der Waals surface area contributed by atoms with Crippen LogP contribution in [0.25, 0.3) is 0 Å². The van der Waals surface area contributed by atoms with Gasteiger partial charge in [0.1, 0.15) is 5.82 Å². The first-order valence-corrected chi connectivity index (χ1v) is 6.94. The van der Waals surface area contributed by atoms with Gasteiger partial charge in [0.2, 0.25) is 0 Å². The summed E-state index contributed by atoms with van der Waals surface area (Å²) < 4.78 is 16.2. The van der Waals surface area contributed by atoms with Crippen LogP contribution in [0.15, 0.2) is 18.2 Å². The zero-order valence-electron chi connectivity index (χ0n) is 12.8. The highest BCUT2D eigenvalue weighted by atomic mass is 19.1. The highest BCUT2D eigenvalue weighted by Crippen LogP contribution is 2.28. The van der Waals surface area contributed by atoms with Crippen molar-refractivity contribution >= 4 is 0 Å². The Balaban J connectivity index is 2.55. The molecule has 0 bridgehead atoms. The largest absolute Gasteiger partial charge is 0.308 e. The fraction of sp³-hybridized carbons (Fsp3) is 0.438. The zero-order valence-corrected chi connectivity index (χ0v) is 12.8. The number of aryl methyl sites for hydroxylation is 4. The summed E-state index contributed by atoms with van der Waals surface area (Å²) in [4.78, 5) is 0. The second-order valence-corrected chi connectivity index (χ2v) is 5.24. The van der Waals surface area contributed by atoms with Crippen molar-refractivity contribution in [2.75, 3.05) is 7.05 Å². The van der Waals surface area contributed by atoms with Crippen molar-refractivity contribution in [3.8, 4) is 0 Å². The van der Waals surface area contributed by atoms with E-state index in [4.69, 9.17) is 0 Å². The van der Waals surface area contributed by atoms with Crippen LogP contribution < -0.4 is 5.32 Å². The quantitative estimate of drug-likeness (QED) is 0.929. The van der Waals surface area contributed by atoms with E-state index in [0.717, 1.165) is 28.9 Å². The molecule has 0 radical (unpaired) electrons. The van der Waals surface area contributed by atoms with E-state index < -0.39 is 0 Å². The number of benzene rings is 1. The minimum atomic E-state index is -0.187. The predicted molar refractivity (Wildman–Crippen MR) is 79.4 cm³/mol. The highest BCUT2D eigenvalue weighted by molar-refractivity contribution is 5.38. The number of hydrogen-bond donors (Lipinski definition) is 1. The monoisotopic (exact) mass is 275 g/mol. The van der Waals surface area contributed by atoms with Crippen LogP contribution in [0.5, 0.6) is 0 Å². The summed E-state index contributed by atoms with van der Waals surface area (Å²) in [7, 11) is 3.75. The van der Waals surface area contributed by atoms with Crippen LogP contribution >= 0.6 is 0 Å². The van der Waals surface area contributed by atoms with Crippen molar-refractivity contribution in [2.45, 2.75) is 33.2 Å². The fourth-order valence-corrected chi connectivity index (χ4v) is 2.72. The van der Waals surface area contributed by atoms with Gasteiger partial charge < -0.3 is 5.32 Å². The van der Waals surface area contributed by atoms with Gasteiger partial charge in [-0.15, -0.1) is 0 Å². The molecule has 0 fully saturated rings. The van der Waals surface area contributed by atoms with Gasteiger partial charge in [-0.05, 0) is 50.6 Å². The third-order valence-electron chi connectivity index (χ3n) is 3.68. The minimum Gasteiger partial charge on any atom is -0.308 e. The standard InChI is InChI=1S/C16H22FN3/c1-6-12-9-14(20(5)19-12)16(18-4)15-11(3)7-10(2)8-13(15)17/h7-9,16,18H,6H2,1-5H3. The number of hydrogen-bond acceptors (Lipinski definition) is 2. The molecule has 0 saturated heterocycles. The maximum atomic E-state index is 14.4. The molecule has 0 aliphatic carbocycles. The minimum absolute atomic E-state index is 0.166. The van der Waals surface area contributed by atoms with Crippen LogP contribution in [0, 0.1) is 19.7 Å². The van der Waals surface area contributed by atoms with Crippen molar-refractivity contribution < 1.29 is 4.39 Å². The zero-order chi connectivity index (χ0) is 14.9. The molecule has 1 atom stereocenters. The molecule has 0 aliphatic heterocycles. The van der Waals surface area contributed by atoms with Gasteiger partial charge in [-0.3, -0.25) is 4.68 Å². The molecular formula is C16H22FN3. The average Bonchev–Trinajstić information content (AvgIpc) is 2.75. The van der Waals surface area contributed by atoms with Crippen molar-refractivity contribution in [1.29, 1.82) is 0 Å². The van der Waals surface area contributed by atoms with E-state index in [0.29, 0.717) is 5.56 Å². The number of nitrogens with zero attached hydrogens (tertiary/aromatic N) is 2. The van der Waals surface area contributed by atoms with E-state index in [1.54, 1.807) is 6.07 Å². The molecule has 1 N–H and O–H groups in total. The summed E-state index contributed by atoms with van der Waals surface area (Å²) in [6.07, 6.45) is 0.875. The Labute approximate surface area is 119 Å². The molecule has 2 rings (SSSR count). The van der Waals surface area contributed by atoms with Gasteiger partial charge in [0.25, 0.3) is 0 Å². The molecule has 108 valence electrons. The summed E-state index contributed by atoms with van der Waals surface area (Å²) in [6, 6.07) is 5.46. The lowest BCUT2D eigenvalue weighted by Gasteiger charge is -2.20. The van der Waals surface area contributed by atoms with Gasteiger partial charge in [0.05, 0.1) is 17.4 Å². The summed E-state index contributed by atoms with van der Waals surface area (Å²) in [6.45, 7) is 5.93. The molecular weight excluding hydrogens is 253 g/mol. The summed E-state index contributed by atoms with van der Waals surface area (Å²) in [5.74, 6) is -0.166. The van der Waals surface area contributed by atoms with Crippen molar-refractivity contribution in [3.05, 3.63) is 52.1 Å². The molecule has 3 nitrogen and oxygen atoms in total. The van der Waals surface area contributed by atoms with E-state index in [1.165, 1.54) is 0 Å². The van der Waals surface area contributed by atoms with E-state index in [2.05, 4.69) is 17.3 Å². The highest BCUT2D eigenvalue weighted by Gasteiger charge is 2.22. The van der Waals surface area contributed by atoms with Crippen LogP contribution in [0.3, 0.4) is 0 Å². The Morgan fingerprint density at radius 2 is 2.00 bits per heavy atom. The molecule has 1 unspecified atom stereocenters. The third-order valence-corrected chi connectivity index (χ3v) is 3.68. The average molecular weight is 275 g/mol. The third kappa shape index (κ3) is 2.61. The number of halogens is 1. The maximum Gasteiger partial charge on any atom is 0.128 e. The van der Waals surface area contributed by atoms with Gasteiger partial charge in [0.15, 0.2) is 0 Å². The van der Waals surface area contributed by atoms with Gasteiger partial charge in [-0.2, -0.15) is 5.10 Å².